The summed E-state index contributed by atoms with van der Waals surface area (Å²) >= 11 is 0. The molecule has 0 rings (SSSR count). The lowest BCUT2D eigenvalue weighted by Gasteiger charge is -1.80. The van der Waals surface area contributed by atoms with Crippen LogP contribution in [0.1, 0.15) is 0 Å². The number of carbonyl (C=O) groups is 1. The molecule has 1 amide bonds. The summed E-state index contributed by atoms with van der Waals surface area (Å²) in [6, 6.07) is 0. The molecule has 0 heterocycles. The second-order valence-electron chi connectivity index (χ2n) is 1.41. The van der Waals surface area contributed by atoms with Crippen LogP contribution in [0.5, 0.6) is 0 Å². The highest BCUT2D eigenvalue weighted by atomic mass is 32.2. The molecule has 0 saturated heterocycles. The highest BCUT2D eigenvalue weighted by molar-refractivity contribution is 7.67. The van der Waals surface area contributed by atoms with Crippen molar-refractivity contribution in [3.63, 3.8) is 0 Å². The van der Waals surface area contributed by atoms with Gasteiger partial charge >= 0.3 is 0 Å². The van der Waals surface area contributed by atoms with Crippen molar-refractivity contribution in [2.75, 3.05) is 6.61 Å². The van der Waals surface area contributed by atoms with E-state index in [0.29, 0.717) is 0 Å². The number of hydrogen-bond donors (Lipinski definition) is 2. The summed E-state index contributed by atoms with van der Waals surface area (Å²) in [6.45, 7) is 6.39. The number of hydrogen-bond acceptors (Lipinski definition) is 4. The molecule has 0 atom stereocenters. The molecule has 6 heteroatoms. The lowest BCUT2D eigenvalue weighted by atomic mass is 10.6. The Labute approximate surface area is 72.7 Å². The van der Waals surface area contributed by atoms with E-state index in [9.17, 15) is 13.2 Å². The highest BCUT2D eigenvalue weighted by Gasteiger charge is 1.75. The molecule has 0 aromatic rings. The molecule has 0 aliphatic carbocycles. The highest BCUT2D eigenvalue weighted by Crippen LogP contribution is 1.70. The lowest BCUT2D eigenvalue weighted by Crippen LogP contribution is -2.04. The Kier molecular flexibility index (Phi) is 11.1. The average Bonchev–Trinajstić information content (AvgIpc) is 2.02. The molecule has 0 saturated carbocycles. The molecule has 0 aromatic carbocycles. The third kappa shape index (κ3) is 23.2. The second kappa shape index (κ2) is 9.86. The van der Waals surface area contributed by atoms with Crippen LogP contribution in [0, 0.1) is 0 Å². The van der Waals surface area contributed by atoms with Gasteiger partial charge in [0.05, 0.1) is 6.61 Å². The van der Waals surface area contributed by atoms with E-state index in [-0.39, 0.29) is 6.61 Å². The predicted octanol–water partition coefficient (Wildman–Crippen LogP) is -0.627. The summed E-state index contributed by atoms with van der Waals surface area (Å²) in [5.41, 5.74) is 4.53. The van der Waals surface area contributed by atoms with E-state index in [1.54, 1.807) is 0 Å². The van der Waals surface area contributed by atoms with E-state index < -0.39 is 16.9 Å². The van der Waals surface area contributed by atoms with Crippen LogP contribution < -0.4 is 5.73 Å². The van der Waals surface area contributed by atoms with Crippen LogP contribution in [0.3, 0.4) is 0 Å². The van der Waals surface area contributed by atoms with Crippen molar-refractivity contribution < 1.29 is 17.4 Å². The molecule has 0 fully saturated rings. The van der Waals surface area contributed by atoms with Gasteiger partial charge in [0.25, 0.3) is 11.0 Å². The Balaban J connectivity index is 0. The SMILES string of the molecule is C=CC(N)=O.C=CCO[SH](=O)=O. The number of nitrogens with two attached hydrogens (primary N) is 1. The molecule has 2 N–H and O–H groups in total. The van der Waals surface area contributed by atoms with Crippen LogP contribution in [0.25, 0.3) is 0 Å². The normalized spacial score (nSPS) is 8.08. The zero-order valence-corrected chi connectivity index (χ0v) is 7.33. The summed E-state index contributed by atoms with van der Waals surface area (Å²) in [5, 5.41) is 0. The molecule has 70 valence electrons. The average molecular weight is 193 g/mol. The summed E-state index contributed by atoms with van der Waals surface area (Å²) in [4.78, 5) is 9.47. The van der Waals surface area contributed by atoms with Gasteiger partial charge in [0, 0.05) is 0 Å². The monoisotopic (exact) mass is 193 g/mol. The molecule has 0 aliphatic rings. The first-order valence-corrected chi connectivity index (χ1v) is 3.94. The first kappa shape index (κ1) is 13.4. The van der Waals surface area contributed by atoms with E-state index in [4.69, 9.17) is 0 Å². The zero-order valence-electron chi connectivity index (χ0n) is 6.43. The Hall–Kier alpha value is -1.14. The van der Waals surface area contributed by atoms with Gasteiger partial charge in [-0.3, -0.25) is 8.98 Å². The zero-order chi connectivity index (χ0) is 9.98. The standard InChI is InChI=1S/C3H5NO.C3H6O3S/c1-2-3(4)5;1-2-3-6-7(4)5/h2H,1H2,(H2,4,5);2,7H,1,3H2. The van der Waals surface area contributed by atoms with Crippen LogP contribution in [0.4, 0.5) is 0 Å². The molecule has 5 nitrogen and oxygen atoms in total. The molecule has 0 radical (unpaired) electrons. The Morgan fingerprint density at radius 1 is 1.50 bits per heavy atom. The Morgan fingerprint density at radius 2 is 1.92 bits per heavy atom. The molecule has 0 spiro atoms. The quantitative estimate of drug-likeness (QED) is 0.353. The molecule has 0 bridgehead atoms. The molecule has 0 aromatic heterocycles. The molecule has 12 heavy (non-hydrogen) atoms. The van der Waals surface area contributed by atoms with E-state index in [1.807, 2.05) is 0 Å². The van der Waals surface area contributed by atoms with Gasteiger partial charge in [0.1, 0.15) is 0 Å². The van der Waals surface area contributed by atoms with Crippen molar-refractivity contribution in [2.45, 2.75) is 0 Å². The third-order valence-corrected chi connectivity index (χ3v) is 0.859. The van der Waals surface area contributed by atoms with Gasteiger partial charge in [-0.25, -0.2) is 8.42 Å². The summed E-state index contributed by atoms with van der Waals surface area (Å²) in [6.07, 6.45) is 2.42. The molecular formula is C6H11NO4S. The number of amides is 1. The van der Waals surface area contributed by atoms with Gasteiger partial charge in [-0.05, 0) is 6.08 Å². The Bertz CT molecular complexity index is 214. The fraction of sp³-hybridized carbons (Fsp3) is 0.167. The van der Waals surface area contributed by atoms with Gasteiger partial charge < -0.3 is 5.73 Å². The second-order valence-corrected chi connectivity index (χ2v) is 2.12. The third-order valence-electron chi connectivity index (χ3n) is 0.499. The van der Waals surface area contributed by atoms with E-state index in [0.717, 1.165) is 6.08 Å². The fourth-order valence-corrected chi connectivity index (χ4v) is 0.341. The van der Waals surface area contributed by atoms with E-state index in [1.165, 1.54) is 6.08 Å². The summed E-state index contributed by atoms with van der Waals surface area (Å²) in [7, 11) is -2.68. The smallest absolute Gasteiger partial charge is 0.257 e. The lowest BCUT2D eigenvalue weighted by molar-refractivity contribution is -0.113. The summed E-state index contributed by atoms with van der Waals surface area (Å²) in [5.74, 6) is -0.481. The first-order valence-electron chi connectivity index (χ1n) is 2.84. The number of thiol groups is 1. The largest absolute Gasteiger partial charge is 0.366 e. The van der Waals surface area contributed by atoms with Crippen molar-refractivity contribution >= 4 is 16.9 Å². The number of primary amides is 1. The van der Waals surface area contributed by atoms with Crippen LogP contribution in [-0.2, 0) is 20.0 Å². The predicted molar refractivity (Wildman–Crippen MR) is 45.9 cm³/mol. The molecule has 0 aliphatic heterocycles. The van der Waals surface area contributed by atoms with Crippen molar-refractivity contribution in [1.29, 1.82) is 0 Å². The number of carbonyl (C=O) groups excluding carboxylic acids is 1. The van der Waals surface area contributed by atoms with Gasteiger partial charge in [0.15, 0.2) is 0 Å². The minimum absolute atomic E-state index is 0.0682. The minimum Gasteiger partial charge on any atom is -0.366 e. The maximum absolute atomic E-state index is 9.53. The van der Waals surface area contributed by atoms with Gasteiger partial charge in [-0.15, -0.1) is 6.58 Å². The molecule has 0 unspecified atom stereocenters. The number of rotatable bonds is 4. The van der Waals surface area contributed by atoms with Gasteiger partial charge in [-0.2, -0.15) is 0 Å². The van der Waals surface area contributed by atoms with E-state index in [2.05, 4.69) is 23.1 Å². The van der Waals surface area contributed by atoms with Crippen LogP contribution in [0.2, 0.25) is 0 Å². The van der Waals surface area contributed by atoms with Gasteiger partial charge in [0.2, 0.25) is 5.91 Å². The van der Waals surface area contributed by atoms with Crippen molar-refractivity contribution in [3.8, 4) is 0 Å². The minimum atomic E-state index is -2.68. The van der Waals surface area contributed by atoms with Crippen LogP contribution >= 0.6 is 0 Å². The summed E-state index contributed by atoms with van der Waals surface area (Å²) < 4.78 is 23.1. The first-order chi connectivity index (χ1) is 5.54. The van der Waals surface area contributed by atoms with Gasteiger partial charge in [-0.1, -0.05) is 12.7 Å². The Morgan fingerprint density at radius 3 is 2.00 bits per heavy atom. The van der Waals surface area contributed by atoms with Crippen molar-refractivity contribution in [3.05, 3.63) is 25.3 Å². The van der Waals surface area contributed by atoms with Crippen molar-refractivity contribution in [2.24, 2.45) is 5.73 Å². The fourth-order valence-electron chi connectivity index (χ4n) is 0.114. The topological polar surface area (TPSA) is 86.5 Å². The van der Waals surface area contributed by atoms with Crippen molar-refractivity contribution in [1.82, 2.24) is 0 Å². The maximum atomic E-state index is 9.53. The molecular weight excluding hydrogens is 182 g/mol. The van der Waals surface area contributed by atoms with Crippen LogP contribution in [-0.4, -0.2) is 20.9 Å². The maximum Gasteiger partial charge on any atom is 0.257 e. The van der Waals surface area contributed by atoms with Crippen LogP contribution in [0.15, 0.2) is 25.3 Å². The van der Waals surface area contributed by atoms with E-state index >= 15 is 0 Å².